The van der Waals surface area contributed by atoms with Crippen molar-refractivity contribution in [3.8, 4) is 0 Å². The van der Waals surface area contributed by atoms with Gasteiger partial charge < -0.3 is 0 Å². The molecule has 1 atom stereocenters. The van der Waals surface area contributed by atoms with Gasteiger partial charge in [0.15, 0.2) is 0 Å². The van der Waals surface area contributed by atoms with Crippen molar-refractivity contribution >= 4 is 0 Å². The lowest BCUT2D eigenvalue weighted by atomic mass is 9.88. The van der Waals surface area contributed by atoms with Crippen LogP contribution in [0.15, 0.2) is 24.3 Å². The van der Waals surface area contributed by atoms with Gasteiger partial charge in [0.25, 0.3) is 0 Å². The highest BCUT2D eigenvalue weighted by molar-refractivity contribution is 5.17. The number of likely N-dealkylation sites (tertiary alicyclic amines) is 1. The minimum absolute atomic E-state index is 0.0702. The van der Waals surface area contributed by atoms with Crippen LogP contribution in [0.4, 0.5) is 4.39 Å². The Morgan fingerprint density at radius 3 is 2.82 bits per heavy atom. The molecule has 1 aliphatic rings. The van der Waals surface area contributed by atoms with Crippen LogP contribution in [0.2, 0.25) is 0 Å². The molecule has 1 aromatic rings. The fraction of sp³-hybridized carbons (Fsp3) is 0.600. The summed E-state index contributed by atoms with van der Waals surface area (Å²) in [5.41, 5.74) is 0.830. The molecule has 94 valence electrons. The first-order valence-electron chi connectivity index (χ1n) is 6.62. The maximum absolute atomic E-state index is 13.6. The summed E-state index contributed by atoms with van der Waals surface area (Å²) >= 11 is 0. The van der Waals surface area contributed by atoms with Crippen molar-refractivity contribution in [1.29, 1.82) is 0 Å². The molecule has 0 amide bonds. The second kappa shape index (κ2) is 5.63. The van der Waals surface area contributed by atoms with Crippen molar-refractivity contribution in [3.05, 3.63) is 35.6 Å². The largest absolute Gasteiger partial charge is 0.299 e. The summed E-state index contributed by atoms with van der Waals surface area (Å²) in [7, 11) is 0. The monoisotopic (exact) mass is 235 g/mol. The molecule has 0 saturated carbocycles. The Bertz CT molecular complexity index is 362. The summed E-state index contributed by atoms with van der Waals surface area (Å²) in [6, 6.07) is 7.13. The van der Waals surface area contributed by atoms with Gasteiger partial charge in [-0.25, -0.2) is 4.39 Å². The standard InChI is InChI=1S/C15H22FN/c1-12(2)13-7-5-9-17(10-13)11-14-6-3-4-8-15(14)16/h3-4,6,8,12-13H,5,7,9-11H2,1-2H3/t13-/m1/s1. The van der Waals surface area contributed by atoms with Crippen LogP contribution in [0.5, 0.6) is 0 Å². The first kappa shape index (κ1) is 12.6. The summed E-state index contributed by atoms with van der Waals surface area (Å²) in [5.74, 6) is 1.44. The first-order chi connectivity index (χ1) is 8.16. The van der Waals surface area contributed by atoms with Crippen molar-refractivity contribution in [2.24, 2.45) is 11.8 Å². The lowest BCUT2D eigenvalue weighted by molar-refractivity contribution is 0.138. The highest BCUT2D eigenvalue weighted by Gasteiger charge is 2.22. The summed E-state index contributed by atoms with van der Waals surface area (Å²) in [6.07, 6.45) is 2.57. The van der Waals surface area contributed by atoms with Crippen molar-refractivity contribution in [1.82, 2.24) is 4.90 Å². The number of hydrogen-bond donors (Lipinski definition) is 0. The molecule has 1 saturated heterocycles. The fourth-order valence-corrected chi connectivity index (χ4v) is 2.65. The van der Waals surface area contributed by atoms with Gasteiger partial charge in [-0.05, 0) is 37.3 Å². The average molecular weight is 235 g/mol. The van der Waals surface area contributed by atoms with Gasteiger partial charge in [0.2, 0.25) is 0 Å². The predicted molar refractivity (Wildman–Crippen MR) is 69.2 cm³/mol. The summed E-state index contributed by atoms with van der Waals surface area (Å²) in [5, 5.41) is 0. The molecule has 0 spiro atoms. The quantitative estimate of drug-likeness (QED) is 0.772. The third-order valence-electron chi connectivity index (χ3n) is 3.84. The summed E-state index contributed by atoms with van der Waals surface area (Å²) in [6.45, 7) is 7.56. The van der Waals surface area contributed by atoms with Gasteiger partial charge in [-0.15, -0.1) is 0 Å². The number of hydrogen-bond acceptors (Lipinski definition) is 1. The van der Waals surface area contributed by atoms with Crippen molar-refractivity contribution < 1.29 is 4.39 Å². The zero-order valence-electron chi connectivity index (χ0n) is 10.8. The van der Waals surface area contributed by atoms with Gasteiger partial charge >= 0.3 is 0 Å². The molecule has 0 unspecified atom stereocenters. The molecule has 0 aromatic heterocycles. The van der Waals surface area contributed by atoms with E-state index < -0.39 is 0 Å². The van der Waals surface area contributed by atoms with E-state index in [1.807, 2.05) is 12.1 Å². The Morgan fingerprint density at radius 2 is 2.12 bits per heavy atom. The van der Waals surface area contributed by atoms with Gasteiger partial charge in [-0.3, -0.25) is 4.90 Å². The zero-order valence-corrected chi connectivity index (χ0v) is 10.8. The normalized spacial score (nSPS) is 22.0. The molecule has 1 nitrogen and oxygen atoms in total. The highest BCUT2D eigenvalue weighted by Crippen LogP contribution is 2.24. The Morgan fingerprint density at radius 1 is 1.35 bits per heavy atom. The SMILES string of the molecule is CC(C)[C@@H]1CCCN(Cc2ccccc2F)C1. The van der Waals surface area contributed by atoms with E-state index in [1.54, 1.807) is 12.1 Å². The topological polar surface area (TPSA) is 3.24 Å². The van der Waals surface area contributed by atoms with Gasteiger partial charge in [0, 0.05) is 18.7 Å². The minimum atomic E-state index is -0.0702. The van der Waals surface area contributed by atoms with E-state index in [0.29, 0.717) is 0 Å². The molecule has 2 rings (SSSR count). The fourth-order valence-electron chi connectivity index (χ4n) is 2.65. The maximum Gasteiger partial charge on any atom is 0.127 e. The Labute approximate surface area is 104 Å². The van der Waals surface area contributed by atoms with E-state index in [-0.39, 0.29) is 5.82 Å². The van der Waals surface area contributed by atoms with Crippen LogP contribution in [0, 0.1) is 17.7 Å². The van der Waals surface area contributed by atoms with Gasteiger partial charge in [-0.2, -0.15) is 0 Å². The predicted octanol–water partition coefficient (Wildman–Crippen LogP) is 3.69. The van der Waals surface area contributed by atoms with Crippen LogP contribution >= 0.6 is 0 Å². The minimum Gasteiger partial charge on any atom is -0.299 e. The molecule has 1 fully saturated rings. The van der Waals surface area contributed by atoms with E-state index in [1.165, 1.54) is 12.8 Å². The van der Waals surface area contributed by atoms with Crippen LogP contribution in [0.1, 0.15) is 32.3 Å². The molecule has 1 aromatic carbocycles. The number of rotatable bonds is 3. The summed E-state index contributed by atoms with van der Waals surface area (Å²) in [4.78, 5) is 2.40. The van der Waals surface area contributed by atoms with Crippen LogP contribution in [-0.2, 0) is 6.54 Å². The molecule has 17 heavy (non-hydrogen) atoms. The average Bonchev–Trinajstić information content (AvgIpc) is 2.32. The van der Waals surface area contributed by atoms with Gasteiger partial charge in [0.1, 0.15) is 5.82 Å². The highest BCUT2D eigenvalue weighted by atomic mass is 19.1. The molecule has 0 aliphatic carbocycles. The Hall–Kier alpha value is -0.890. The maximum atomic E-state index is 13.6. The second-order valence-corrected chi connectivity index (χ2v) is 5.47. The first-order valence-corrected chi connectivity index (χ1v) is 6.62. The molecule has 0 bridgehead atoms. The van der Waals surface area contributed by atoms with E-state index in [2.05, 4.69) is 18.7 Å². The van der Waals surface area contributed by atoms with Crippen LogP contribution < -0.4 is 0 Å². The number of halogens is 1. The smallest absolute Gasteiger partial charge is 0.127 e. The van der Waals surface area contributed by atoms with Gasteiger partial charge in [-0.1, -0.05) is 32.0 Å². The third kappa shape index (κ3) is 3.29. The molecule has 0 radical (unpaired) electrons. The van der Waals surface area contributed by atoms with Crippen molar-refractivity contribution in [3.63, 3.8) is 0 Å². The number of nitrogens with zero attached hydrogens (tertiary/aromatic N) is 1. The van der Waals surface area contributed by atoms with Crippen LogP contribution in [0.25, 0.3) is 0 Å². The molecule has 0 N–H and O–H groups in total. The molecular formula is C15H22FN. The lowest BCUT2D eigenvalue weighted by Gasteiger charge is -2.34. The lowest BCUT2D eigenvalue weighted by Crippen LogP contribution is -2.37. The Balaban J connectivity index is 1.97. The van der Waals surface area contributed by atoms with Crippen LogP contribution in [-0.4, -0.2) is 18.0 Å². The second-order valence-electron chi connectivity index (χ2n) is 5.47. The van der Waals surface area contributed by atoms with E-state index in [0.717, 1.165) is 37.0 Å². The van der Waals surface area contributed by atoms with Crippen LogP contribution in [0.3, 0.4) is 0 Å². The van der Waals surface area contributed by atoms with Crippen molar-refractivity contribution in [2.45, 2.75) is 33.2 Å². The molecule has 1 aliphatic heterocycles. The van der Waals surface area contributed by atoms with E-state index in [4.69, 9.17) is 0 Å². The molecule has 2 heteroatoms. The number of piperidine rings is 1. The Kier molecular flexibility index (Phi) is 4.16. The summed E-state index contributed by atoms with van der Waals surface area (Å²) < 4.78 is 13.6. The zero-order chi connectivity index (χ0) is 12.3. The van der Waals surface area contributed by atoms with E-state index in [9.17, 15) is 4.39 Å². The molecular weight excluding hydrogens is 213 g/mol. The molecule has 1 heterocycles. The van der Waals surface area contributed by atoms with E-state index >= 15 is 0 Å². The third-order valence-corrected chi connectivity index (χ3v) is 3.84. The van der Waals surface area contributed by atoms with Gasteiger partial charge in [0.05, 0.1) is 0 Å². The van der Waals surface area contributed by atoms with Crippen molar-refractivity contribution in [2.75, 3.05) is 13.1 Å². The number of benzene rings is 1.